The maximum absolute atomic E-state index is 12.4. The largest absolute Gasteiger partial charge is 0.435 e. The molecule has 5 nitrogen and oxygen atoms in total. The Morgan fingerprint density at radius 3 is 2.42 bits per heavy atom. The predicted molar refractivity (Wildman–Crippen MR) is 86.0 cm³/mol. The Morgan fingerprint density at radius 1 is 1.29 bits per heavy atom. The number of likely N-dealkylation sites (N-methyl/N-ethyl adjacent to an activating group) is 1. The highest BCUT2D eigenvalue weighted by Crippen LogP contribution is 2.16. The van der Waals surface area contributed by atoms with E-state index in [9.17, 15) is 13.6 Å². The lowest BCUT2D eigenvalue weighted by Crippen LogP contribution is -2.49. The summed E-state index contributed by atoms with van der Waals surface area (Å²) < 4.78 is 34.2. The predicted octanol–water partition coefficient (Wildman–Crippen LogP) is 2.36. The molecular weight excluding hydrogens is 318 g/mol. The molecule has 0 spiro atoms. The van der Waals surface area contributed by atoms with Gasteiger partial charge in [-0.3, -0.25) is 9.69 Å². The standard InChI is InChI=1S/C17H24F2N2O3/c1-12-8-21(9-13(2)23-12)11-16(22)20(3)10-14-4-6-15(7-5-14)24-17(18)19/h4-7,12-13,17H,8-11H2,1-3H3. The molecule has 1 saturated heterocycles. The summed E-state index contributed by atoms with van der Waals surface area (Å²) in [5.74, 6) is 0.128. The Morgan fingerprint density at radius 2 is 1.88 bits per heavy atom. The number of halogens is 2. The third-order valence-corrected chi connectivity index (χ3v) is 3.85. The molecule has 0 aliphatic carbocycles. The van der Waals surface area contributed by atoms with Crippen LogP contribution >= 0.6 is 0 Å². The van der Waals surface area contributed by atoms with Gasteiger partial charge in [0, 0.05) is 26.7 Å². The third kappa shape index (κ3) is 5.72. The molecule has 0 saturated carbocycles. The number of carbonyl (C=O) groups is 1. The number of nitrogens with zero attached hydrogens (tertiary/aromatic N) is 2. The first kappa shape index (κ1) is 18.6. The second-order valence-electron chi connectivity index (χ2n) is 6.22. The summed E-state index contributed by atoms with van der Waals surface area (Å²) >= 11 is 0. The summed E-state index contributed by atoms with van der Waals surface area (Å²) in [4.78, 5) is 16.1. The minimum atomic E-state index is -2.83. The Balaban J connectivity index is 1.84. The number of morpholine rings is 1. The van der Waals surface area contributed by atoms with Crippen LogP contribution in [0, 0.1) is 0 Å². The molecule has 1 heterocycles. The number of hydrogen-bond donors (Lipinski definition) is 0. The van der Waals surface area contributed by atoms with Crippen molar-refractivity contribution in [3.05, 3.63) is 29.8 Å². The van der Waals surface area contributed by atoms with Gasteiger partial charge in [-0.2, -0.15) is 8.78 Å². The Bertz CT molecular complexity index is 529. The number of ether oxygens (including phenoxy) is 2. The van der Waals surface area contributed by atoms with E-state index in [4.69, 9.17) is 4.74 Å². The molecule has 2 atom stereocenters. The first-order chi connectivity index (χ1) is 11.3. The average Bonchev–Trinajstić information content (AvgIpc) is 2.47. The smallest absolute Gasteiger partial charge is 0.387 e. The van der Waals surface area contributed by atoms with Crippen molar-refractivity contribution in [2.75, 3.05) is 26.7 Å². The number of carbonyl (C=O) groups excluding carboxylic acids is 1. The zero-order valence-corrected chi connectivity index (χ0v) is 14.2. The first-order valence-corrected chi connectivity index (χ1v) is 7.99. The van der Waals surface area contributed by atoms with Gasteiger partial charge in [0.25, 0.3) is 0 Å². The summed E-state index contributed by atoms with van der Waals surface area (Å²) in [7, 11) is 1.74. The molecule has 1 aromatic rings. The van der Waals surface area contributed by atoms with Gasteiger partial charge in [-0.15, -0.1) is 0 Å². The van der Waals surface area contributed by atoms with Crippen LogP contribution < -0.4 is 4.74 Å². The number of amides is 1. The van der Waals surface area contributed by atoms with Crippen LogP contribution in [0.2, 0.25) is 0 Å². The van der Waals surface area contributed by atoms with Crippen LogP contribution in [-0.2, 0) is 16.1 Å². The van der Waals surface area contributed by atoms with Gasteiger partial charge in [0.05, 0.1) is 18.8 Å². The highest BCUT2D eigenvalue weighted by molar-refractivity contribution is 5.78. The second-order valence-corrected chi connectivity index (χ2v) is 6.22. The van der Waals surface area contributed by atoms with Gasteiger partial charge in [0.15, 0.2) is 0 Å². The molecule has 2 unspecified atom stereocenters. The molecule has 1 aliphatic rings. The van der Waals surface area contributed by atoms with Crippen LogP contribution in [0.5, 0.6) is 5.75 Å². The van der Waals surface area contributed by atoms with Crippen LogP contribution in [0.1, 0.15) is 19.4 Å². The molecule has 0 radical (unpaired) electrons. The Labute approximate surface area is 141 Å². The van der Waals surface area contributed by atoms with E-state index in [2.05, 4.69) is 9.64 Å². The SMILES string of the molecule is CC1CN(CC(=O)N(C)Cc2ccc(OC(F)F)cc2)CC(C)O1. The van der Waals surface area contributed by atoms with Crippen LogP contribution in [-0.4, -0.2) is 61.2 Å². The van der Waals surface area contributed by atoms with E-state index in [0.29, 0.717) is 13.1 Å². The molecule has 134 valence electrons. The highest BCUT2D eigenvalue weighted by atomic mass is 19.3. The van der Waals surface area contributed by atoms with E-state index in [-0.39, 0.29) is 23.9 Å². The van der Waals surface area contributed by atoms with E-state index >= 15 is 0 Å². The molecule has 1 amide bonds. The fourth-order valence-electron chi connectivity index (χ4n) is 2.86. The van der Waals surface area contributed by atoms with Crippen molar-refractivity contribution in [2.24, 2.45) is 0 Å². The summed E-state index contributed by atoms with van der Waals surface area (Å²) in [5.41, 5.74) is 0.858. The van der Waals surface area contributed by atoms with E-state index in [0.717, 1.165) is 18.7 Å². The molecule has 2 rings (SSSR count). The normalized spacial score (nSPS) is 21.8. The third-order valence-electron chi connectivity index (χ3n) is 3.85. The summed E-state index contributed by atoms with van der Waals surface area (Å²) in [6.45, 7) is 3.41. The minimum Gasteiger partial charge on any atom is -0.435 e. The van der Waals surface area contributed by atoms with Crippen LogP contribution in [0.25, 0.3) is 0 Å². The monoisotopic (exact) mass is 342 g/mol. The van der Waals surface area contributed by atoms with Crippen molar-refractivity contribution >= 4 is 5.91 Å². The zero-order chi connectivity index (χ0) is 17.7. The average molecular weight is 342 g/mol. The van der Waals surface area contributed by atoms with E-state index in [1.165, 1.54) is 12.1 Å². The molecule has 1 fully saturated rings. The van der Waals surface area contributed by atoms with Crippen molar-refractivity contribution in [1.29, 1.82) is 0 Å². The van der Waals surface area contributed by atoms with E-state index in [1.54, 1.807) is 24.1 Å². The van der Waals surface area contributed by atoms with Gasteiger partial charge < -0.3 is 14.4 Å². The van der Waals surface area contributed by atoms with Crippen LogP contribution in [0.4, 0.5) is 8.78 Å². The summed E-state index contributed by atoms with van der Waals surface area (Å²) in [5, 5.41) is 0. The van der Waals surface area contributed by atoms with Crippen molar-refractivity contribution in [1.82, 2.24) is 9.80 Å². The second kappa shape index (κ2) is 8.39. The molecule has 0 N–H and O–H groups in total. The Hall–Kier alpha value is -1.73. The van der Waals surface area contributed by atoms with Crippen molar-refractivity contribution in [3.8, 4) is 5.75 Å². The molecule has 24 heavy (non-hydrogen) atoms. The van der Waals surface area contributed by atoms with Crippen molar-refractivity contribution < 1.29 is 23.0 Å². The number of benzene rings is 1. The van der Waals surface area contributed by atoms with Gasteiger partial charge in [0.1, 0.15) is 5.75 Å². The fraction of sp³-hybridized carbons (Fsp3) is 0.588. The molecule has 0 bridgehead atoms. The number of hydrogen-bond acceptors (Lipinski definition) is 4. The minimum absolute atomic E-state index is 0.0178. The molecule has 7 heteroatoms. The van der Waals surface area contributed by atoms with Gasteiger partial charge >= 0.3 is 6.61 Å². The van der Waals surface area contributed by atoms with Gasteiger partial charge in [-0.25, -0.2) is 0 Å². The first-order valence-electron chi connectivity index (χ1n) is 7.99. The maximum Gasteiger partial charge on any atom is 0.387 e. The van der Waals surface area contributed by atoms with Crippen LogP contribution in [0.3, 0.4) is 0 Å². The lowest BCUT2D eigenvalue weighted by molar-refractivity contribution is -0.135. The maximum atomic E-state index is 12.4. The summed E-state index contributed by atoms with van der Waals surface area (Å²) in [6, 6.07) is 6.32. The van der Waals surface area contributed by atoms with Crippen LogP contribution in [0.15, 0.2) is 24.3 Å². The molecular formula is C17H24F2N2O3. The van der Waals surface area contributed by atoms with Gasteiger partial charge in [-0.05, 0) is 31.5 Å². The van der Waals surface area contributed by atoms with Crippen molar-refractivity contribution in [2.45, 2.75) is 39.2 Å². The lowest BCUT2D eigenvalue weighted by Gasteiger charge is -2.35. The summed E-state index contributed by atoms with van der Waals surface area (Å²) in [6.07, 6.45) is 0.239. The number of alkyl halides is 2. The topological polar surface area (TPSA) is 42.0 Å². The van der Waals surface area contributed by atoms with E-state index < -0.39 is 6.61 Å². The highest BCUT2D eigenvalue weighted by Gasteiger charge is 2.24. The fourth-order valence-corrected chi connectivity index (χ4v) is 2.86. The quantitative estimate of drug-likeness (QED) is 0.796. The van der Waals surface area contributed by atoms with Gasteiger partial charge in [-0.1, -0.05) is 12.1 Å². The Kier molecular flexibility index (Phi) is 6.51. The number of rotatable bonds is 6. The zero-order valence-electron chi connectivity index (χ0n) is 14.2. The van der Waals surface area contributed by atoms with E-state index in [1.807, 2.05) is 13.8 Å². The molecule has 0 aromatic heterocycles. The lowest BCUT2D eigenvalue weighted by atomic mass is 10.2. The van der Waals surface area contributed by atoms with Crippen molar-refractivity contribution in [3.63, 3.8) is 0 Å². The molecule has 1 aliphatic heterocycles. The molecule has 1 aromatic carbocycles. The van der Waals surface area contributed by atoms with Gasteiger partial charge in [0.2, 0.25) is 5.91 Å².